The molecule has 3 aromatic carbocycles. The van der Waals surface area contributed by atoms with Gasteiger partial charge in [-0.1, -0.05) is 42.5 Å². The van der Waals surface area contributed by atoms with E-state index in [0.717, 1.165) is 5.56 Å². The summed E-state index contributed by atoms with van der Waals surface area (Å²) in [7, 11) is 0. The lowest BCUT2D eigenvalue weighted by Crippen LogP contribution is -2.16. The molecule has 0 fully saturated rings. The molecule has 33 heavy (non-hydrogen) atoms. The van der Waals surface area contributed by atoms with Crippen molar-refractivity contribution in [3.05, 3.63) is 115 Å². The first-order chi connectivity index (χ1) is 15.9. The molecule has 0 spiro atoms. The molecule has 0 bridgehead atoms. The zero-order chi connectivity index (χ0) is 23.4. The smallest absolute Gasteiger partial charge is 0.343 e. The normalized spacial score (nSPS) is 13.8. The average molecular weight is 508 g/mol. The van der Waals surface area contributed by atoms with E-state index in [2.05, 4.69) is 15.9 Å². The van der Waals surface area contributed by atoms with Crippen molar-refractivity contribution in [3.8, 4) is 5.75 Å². The van der Waals surface area contributed by atoms with Crippen LogP contribution in [-0.2, 0) is 24.2 Å². The molecule has 0 radical (unpaired) electrons. The molecule has 1 heterocycles. The first-order valence-corrected chi connectivity index (χ1v) is 10.9. The maximum Gasteiger partial charge on any atom is 0.343 e. The molecule has 0 aliphatic carbocycles. The number of ether oxygens (including phenoxy) is 2. The molecule has 0 amide bonds. The predicted molar refractivity (Wildman–Crippen MR) is 124 cm³/mol. The number of allylic oxidation sites excluding steroid dienone is 2. The highest BCUT2D eigenvalue weighted by molar-refractivity contribution is 9.10. The van der Waals surface area contributed by atoms with E-state index in [1.54, 1.807) is 12.1 Å². The van der Waals surface area contributed by atoms with Crippen molar-refractivity contribution in [1.29, 1.82) is 0 Å². The van der Waals surface area contributed by atoms with Crippen LogP contribution in [0.1, 0.15) is 37.4 Å². The highest BCUT2D eigenvalue weighted by atomic mass is 79.9. The van der Waals surface area contributed by atoms with E-state index in [1.807, 2.05) is 42.5 Å². The summed E-state index contributed by atoms with van der Waals surface area (Å²) in [5.74, 6) is -0.975. The third-order valence-electron chi connectivity index (χ3n) is 5.19. The second-order valence-electron chi connectivity index (χ2n) is 7.33. The molecule has 0 saturated carbocycles. The molecule has 1 aliphatic heterocycles. The Morgan fingerprint density at radius 3 is 2.58 bits per heavy atom. The van der Waals surface area contributed by atoms with Crippen LogP contribution in [0.2, 0.25) is 0 Å². The van der Waals surface area contributed by atoms with Crippen molar-refractivity contribution in [3.63, 3.8) is 0 Å². The molecule has 3 aromatic rings. The minimum absolute atomic E-state index is 0.1000. The highest BCUT2D eigenvalue weighted by Crippen LogP contribution is 2.35. The fourth-order valence-electron chi connectivity index (χ4n) is 3.53. The number of hydrogen-bond donors (Lipinski definition) is 0. The van der Waals surface area contributed by atoms with Gasteiger partial charge in [0.05, 0.1) is 20.5 Å². The van der Waals surface area contributed by atoms with E-state index >= 15 is 0 Å². The van der Waals surface area contributed by atoms with E-state index in [9.17, 15) is 19.7 Å². The van der Waals surface area contributed by atoms with Crippen LogP contribution in [0.5, 0.6) is 5.75 Å². The summed E-state index contributed by atoms with van der Waals surface area (Å²) in [6, 6.07) is 16.6. The third-order valence-corrected chi connectivity index (χ3v) is 5.81. The van der Waals surface area contributed by atoms with Crippen molar-refractivity contribution in [2.45, 2.75) is 19.4 Å². The number of halogens is 1. The number of fused-ring (bicyclic) bond motifs is 2. The van der Waals surface area contributed by atoms with Gasteiger partial charge in [0.15, 0.2) is 0 Å². The standard InChI is InChI=1S/C25H18BrNO6/c26-22-13-12-21(24(28)32-15-16-6-2-1-3-7-16)20-9-5-4-8-17-14-18(27(30)31)10-11-19(17)25(29)33-23(20)22/h1-7,10-14H,8-9,15H2/b5-4+. The number of hydrogen-bond acceptors (Lipinski definition) is 6. The van der Waals surface area contributed by atoms with Gasteiger partial charge in [0.2, 0.25) is 0 Å². The van der Waals surface area contributed by atoms with Crippen LogP contribution >= 0.6 is 15.9 Å². The van der Waals surface area contributed by atoms with Crippen molar-refractivity contribution >= 4 is 33.6 Å². The largest absolute Gasteiger partial charge is 0.457 e. The van der Waals surface area contributed by atoms with E-state index in [0.29, 0.717) is 34.0 Å². The second kappa shape index (κ2) is 9.79. The quantitative estimate of drug-likeness (QED) is 0.150. The number of carbonyl (C=O) groups excluding carboxylic acids is 2. The van der Waals surface area contributed by atoms with Crippen molar-refractivity contribution < 1.29 is 24.0 Å². The molecule has 4 rings (SSSR count). The first-order valence-electron chi connectivity index (χ1n) is 10.1. The average Bonchev–Trinajstić information content (AvgIpc) is 2.82. The maximum atomic E-state index is 13.0. The van der Waals surface area contributed by atoms with Gasteiger partial charge < -0.3 is 9.47 Å². The fraction of sp³-hybridized carbons (Fsp3) is 0.120. The Labute approximate surface area is 197 Å². The van der Waals surface area contributed by atoms with Crippen LogP contribution in [0.25, 0.3) is 0 Å². The lowest BCUT2D eigenvalue weighted by molar-refractivity contribution is -0.384. The molecule has 166 valence electrons. The van der Waals surface area contributed by atoms with E-state index in [4.69, 9.17) is 9.47 Å². The first kappa shape index (κ1) is 22.4. The van der Waals surface area contributed by atoms with Gasteiger partial charge in [0.25, 0.3) is 5.69 Å². The molecule has 1 aliphatic rings. The molecular weight excluding hydrogens is 490 g/mol. The van der Waals surface area contributed by atoms with Gasteiger partial charge in [-0.3, -0.25) is 10.1 Å². The summed E-state index contributed by atoms with van der Waals surface area (Å²) in [5, 5.41) is 11.1. The maximum absolute atomic E-state index is 13.0. The molecule has 0 saturated heterocycles. The molecule has 8 heteroatoms. The Morgan fingerprint density at radius 2 is 1.82 bits per heavy atom. The van der Waals surface area contributed by atoms with E-state index in [1.165, 1.54) is 18.2 Å². The Bertz CT molecular complexity index is 1270. The topological polar surface area (TPSA) is 95.7 Å². The number of esters is 2. The number of nitro benzene ring substituents is 1. The second-order valence-corrected chi connectivity index (χ2v) is 8.19. The predicted octanol–water partition coefficient (Wildman–Crippen LogP) is 5.59. The summed E-state index contributed by atoms with van der Waals surface area (Å²) in [6.07, 6.45) is 4.26. The minimum Gasteiger partial charge on any atom is -0.457 e. The lowest BCUT2D eigenvalue weighted by atomic mass is 9.99. The zero-order valence-electron chi connectivity index (χ0n) is 17.3. The monoisotopic (exact) mass is 507 g/mol. The van der Waals surface area contributed by atoms with Crippen LogP contribution in [0.4, 0.5) is 5.69 Å². The van der Waals surface area contributed by atoms with Crippen molar-refractivity contribution in [2.24, 2.45) is 0 Å². The molecule has 0 atom stereocenters. The van der Waals surface area contributed by atoms with E-state index < -0.39 is 16.9 Å². The van der Waals surface area contributed by atoms with Crippen LogP contribution in [0.15, 0.2) is 77.3 Å². The summed E-state index contributed by atoms with van der Waals surface area (Å²) >= 11 is 3.40. The van der Waals surface area contributed by atoms with Gasteiger partial charge in [-0.05, 0) is 58.1 Å². The van der Waals surface area contributed by atoms with Gasteiger partial charge in [-0.25, -0.2) is 9.59 Å². The minimum atomic E-state index is -0.660. The molecular formula is C25H18BrNO6. The number of carbonyl (C=O) groups is 2. The molecule has 0 unspecified atom stereocenters. The SMILES string of the molecule is O=C1Oc2c(Br)ccc(C(=O)OCc3ccccc3)c2C/C=C/Cc2cc([N+](=O)[O-])ccc21. The fourth-order valence-corrected chi connectivity index (χ4v) is 3.98. The zero-order valence-corrected chi connectivity index (χ0v) is 18.9. The number of benzene rings is 3. The Morgan fingerprint density at radius 1 is 1.06 bits per heavy atom. The van der Waals surface area contributed by atoms with Gasteiger partial charge in [-0.2, -0.15) is 0 Å². The molecule has 0 N–H and O–H groups in total. The van der Waals surface area contributed by atoms with Gasteiger partial charge >= 0.3 is 11.9 Å². The Kier molecular flexibility index (Phi) is 6.65. The number of nitrogens with zero attached hydrogens (tertiary/aromatic N) is 1. The molecule has 7 nitrogen and oxygen atoms in total. The van der Waals surface area contributed by atoms with Crippen LogP contribution in [0.3, 0.4) is 0 Å². The highest BCUT2D eigenvalue weighted by Gasteiger charge is 2.24. The molecule has 0 aromatic heterocycles. The van der Waals surface area contributed by atoms with Gasteiger partial charge in [0, 0.05) is 17.7 Å². The van der Waals surface area contributed by atoms with Crippen molar-refractivity contribution in [1.82, 2.24) is 0 Å². The summed E-state index contributed by atoms with van der Waals surface area (Å²) < 4.78 is 11.7. The van der Waals surface area contributed by atoms with Gasteiger partial charge in [-0.15, -0.1) is 0 Å². The van der Waals surface area contributed by atoms with Crippen LogP contribution in [-0.4, -0.2) is 16.9 Å². The van der Waals surface area contributed by atoms with Crippen LogP contribution in [0, 0.1) is 10.1 Å². The van der Waals surface area contributed by atoms with Crippen molar-refractivity contribution in [2.75, 3.05) is 0 Å². The van der Waals surface area contributed by atoms with Crippen LogP contribution < -0.4 is 4.74 Å². The number of nitro groups is 1. The summed E-state index contributed by atoms with van der Waals surface area (Å²) in [4.78, 5) is 36.4. The lowest BCUT2D eigenvalue weighted by Gasteiger charge is -2.17. The van der Waals surface area contributed by atoms with E-state index in [-0.39, 0.29) is 23.6 Å². The third kappa shape index (κ3) is 5.01. The van der Waals surface area contributed by atoms with Gasteiger partial charge in [0.1, 0.15) is 12.4 Å². The Balaban J connectivity index is 1.67. The summed E-state index contributed by atoms with van der Waals surface area (Å²) in [6.45, 7) is 0.117. The summed E-state index contributed by atoms with van der Waals surface area (Å²) in [5.41, 5.74) is 2.28. The Hall–Kier alpha value is -3.78. The number of non-ortho nitro benzene ring substituents is 1. The number of rotatable bonds is 4.